The van der Waals surface area contributed by atoms with Gasteiger partial charge < -0.3 is 19.9 Å². The minimum atomic E-state index is -1.89. The van der Waals surface area contributed by atoms with Crippen LogP contribution in [0.1, 0.15) is 34.6 Å². The molecule has 0 aliphatic carbocycles. The Balaban J connectivity index is 2.79. The summed E-state index contributed by atoms with van der Waals surface area (Å²) in [6, 6.07) is 1.74. The summed E-state index contributed by atoms with van der Waals surface area (Å²) in [6.07, 6.45) is 1.08. The van der Waals surface area contributed by atoms with Crippen molar-refractivity contribution in [2.75, 3.05) is 26.1 Å². The zero-order chi connectivity index (χ0) is 20.6. The quantitative estimate of drug-likeness (QED) is 0.542. The summed E-state index contributed by atoms with van der Waals surface area (Å²) in [5.41, 5.74) is -0.621. The molecule has 1 saturated heterocycles. The van der Waals surface area contributed by atoms with Gasteiger partial charge >= 0.3 is 5.69 Å². The van der Waals surface area contributed by atoms with Crippen LogP contribution in [0.4, 0.5) is 5.82 Å². The number of nitrogens with zero attached hydrogens (tertiary/aromatic N) is 2. The second-order valence-corrected chi connectivity index (χ2v) is 12.6. The summed E-state index contributed by atoms with van der Waals surface area (Å²) in [5.74, 6) is 0.488. The number of ether oxygens (including phenoxy) is 2. The van der Waals surface area contributed by atoms with E-state index in [4.69, 9.17) is 9.47 Å². The molecule has 0 bridgehead atoms. The van der Waals surface area contributed by atoms with Crippen molar-refractivity contribution in [3.8, 4) is 0 Å². The molecule has 0 radical (unpaired) electrons. The predicted octanol–water partition coefficient (Wildman–Crippen LogP) is 1.88. The standard InChI is InChI=1S/C19H33N3O4Si/c1-12(2)27(13(3)4)19(22-10-9-16(20-7)21-17(22)23)14(5)18(6,24)15(26-19)11-25-8/h9-10,12-13,15,24,27H,5,11H2,1-4,6-8H3,(H,20,21,23)/t15-,18+,19+/m1/s1. The molecule has 3 atom stereocenters. The third-order valence-corrected chi connectivity index (χ3v) is 10.2. The van der Waals surface area contributed by atoms with Crippen LogP contribution in [0.2, 0.25) is 11.1 Å². The number of aromatic nitrogens is 2. The van der Waals surface area contributed by atoms with E-state index in [0.29, 0.717) is 22.5 Å². The Morgan fingerprint density at radius 3 is 2.48 bits per heavy atom. The third-order valence-electron chi connectivity index (χ3n) is 5.62. The highest BCUT2D eigenvalue weighted by Crippen LogP contribution is 2.50. The monoisotopic (exact) mass is 395 g/mol. The van der Waals surface area contributed by atoms with Crippen LogP contribution in [0.15, 0.2) is 29.2 Å². The van der Waals surface area contributed by atoms with Crippen LogP contribution in [0.25, 0.3) is 0 Å². The van der Waals surface area contributed by atoms with Crippen LogP contribution >= 0.6 is 0 Å². The Bertz CT molecular complexity index is 739. The van der Waals surface area contributed by atoms with Crippen LogP contribution < -0.4 is 11.0 Å². The lowest BCUT2D eigenvalue weighted by Gasteiger charge is -2.43. The number of hydrogen-bond donors (Lipinski definition) is 2. The fourth-order valence-electron chi connectivity index (χ4n) is 4.42. The predicted molar refractivity (Wildman–Crippen MR) is 110 cm³/mol. The Morgan fingerprint density at radius 2 is 2.04 bits per heavy atom. The summed E-state index contributed by atoms with van der Waals surface area (Å²) in [6.45, 7) is 14.7. The summed E-state index contributed by atoms with van der Waals surface area (Å²) in [7, 11) is 1.40. The van der Waals surface area contributed by atoms with E-state index in [2.05, 4.69) is 44.6 Å². The molecular weight excluding hydrogens is 362 g/mol. The molecule has 8 heteroatoms. The summed E-state index contributed by atoms with van der Waals surface area (Å²) in [4.78, 5) is 17.1. The lowest BCUT2D eigenvalue weighted by atomic mass is 9.93. The first kappa shape index (κ1) is 21.8. The van der Waals surface area contributed by atoms with Crippen LogP contribution in [0.5, 0.6) is 0 Å². The first-order valence-corrected chi connectivity index (χ1v) is 11.3. The van der Waals surface area contributed by atoms with Gasteiger partial charge in [0.2, 0.25) is 0 Å². The first-order valence-electron chi connectivity index (χ1n) is 9.40. The molecule has 2 N–H and O–H groups in total. The van der Waals surface area contributed by atoms with Gasteiger partial charge in [0.05, 0.1) is 6.61 Å². The maximum Gasteiger partial charge on any atom is 0.351 e. The van der Waals surface area contributed by atoms with Crippen molar-refractivity contribution in [1.29, 1.82) is 0 Å². The van der Waals surface area contributed by atoms with Crippen LogP contribution in [0.3, 0.4) is 0 Å². The highest BCUT2D eigenvalue weighted by Gasteiger charge is 2.62. The molecule has 1 aromatic heterocycles. The van der Waals surface area contributed by atoms with Gasteiger partial charge in [0.25, 0.3) is 0 Å². The van der Waals surface area contributed by atoms with Gasteiger partial charge in [-0.25, -0.2) is 4.79 Å². The average Bonchev–Trinajstić information content (AvgIpc) is 2.76. The molecule has 1 aliphatic heterocycles. The normalized spacial score (nSPS) is 28.6. The lowest BCUT2D eigenvalue weighted by molar-refractivity contribution is -0.100. The first-order chi connectivity index (χ1) is 12.5. The molecule has 0 aromatic carbocycles. The number of nitrogens with one attached hydrogen (secondary N) is 1. The molecule has 1 aromatic rings. The van der Waals surface area contributed by atoms with E-state index in [1.807, 2.05) is 0 Å². The Kier molecular flexibility index (Phi) is 6.36. The minimum absolute atomic E-state index is 0.210. The number of aliphatic hydroxyl groups is 1. The van der Waals surface area contributed by atoms with E-state index in [9.17, 15) is 9.90 Å². The Hall–Kier alpha value is -1.48. The molecule has 1 fully saturated rings. The maximum absolute atomic E-state index is 13.0. The van der Waals surface area contributed by atoms with Crippen molar-refractivity contribution in [1.82, 2.24) is 9.55 Å². The fourth-order valence-corrected chi connectivity index (χ4v) is 9.30. The molecular formula is C19H33N3O4Si. The van der Waals surface area contributed by atoms with Crippen molar-refractivity contribution < 1.29 is 14.6 Å². The van der Waals surface area contributed by atoms with E-state index in [1.165, 1.54) is 4.57 Å². The SMILES string of the molecule is C=C1[C@](C)(O)[C@@H](COC)O[C@]1(n1ccc(NC)nc1=O)[SiH](C(C)C)C(C)C. The molecule has 0 amide bonds. The molecule has 0 spiro atoms. The maximum atomic E-state index is 13.0. The minimum Gasteiger partial charge on any atom is -0.383 e. The van der Waals surface area contributed by atoms with E-state index in [1.54, 1.807) is 33.3 Å². The molecule has 27 heavy (non-hydrogen) atoms. The number of methoxy groups -OCH3 is 1. The largest absolute Gasteiger partial charge is 0.383 e. The van der Waals surface area contributed by atoms with Crippen LogP contribution in [-0.2, 0) is 14.8 Å². The van der Waals surface area contributed by atoms with E-state index < -0.39 is 31.5 Å². The van der Waals surface area contributed by atoms with Gasteiger partial charge in [-0.2, -0.15) is 4.98 Å². The van der Waals surface area contributed by atoms with Crippen molar-refractivity contribution in [2.24, 2.45) is 0 Å². The molecule has 152 valence electrons. The van der Waals surface area contributed by atoms with Gasteiger partial charge in [-0.1, -0.05) is 34.3 Å². The smallest absolute Gasteiger partial charge is 0.351 e. The summed E-state index contributed by atoms with van der Waals surface area (Å²) < 4.78 is 13.4. The Morgan fingerprint density at radius 1 is 1.44 bits per heavy atom. The fraction of sp³-hybridized carbons (Fsp3) is 0.684. The topological polar surface area (TPSA) is 85.6 Å². The average molecular weight is 396 g/mol. The van der Waals surface area contributed by atoms with Crippen LogP contribution in [-0.4, -0.2) is 55.9 Å². The second-order valence-electron chi connectivity index (χ2n) is 8.11. The zero-order valence-corrected chi connectivity index (χ0v) is 18.6. The second kappa shape index (κ2) is 7.87. The van der Waals surface area contributed by atoms with E-state index in [-0.39, 0.29) is 6.61 Å². The molecule has 0 saturated carbocycles. The van der Waals surface area contributed by atoms with Gasteiger partial charge in [0.1, 0.15) is 26.3 Å². The van der Waals surface area contributed by atoms with Crippen molar-refractivity contribution >= 4 is 14.6 Å². The lowest BCUT2D eigenvalue weighted by Crippen LogP contribution is -2.57. The highest BCUT2D eigenvalue weighted by molar-refractivity contribution is 6.64. The summed E-state index contributed by atoms with van der Waals surface area (Å²) in [5, 5.41) is 13.0. The van der Waals surface area contributed by atoms with Crippen LogP contribution in [0, 0.1) is 0 Å². The van der Waals surface area contributed by atoms with Gasteiger partial charge in [0.15, 0.2) is 5.35 Å². The molecule has 7 nitrogen and oxygen atoms in total. The van der Waals surface area contributed by atoms with E-state index in [0.717, 1.165) is 0 Å². The number of anilines is 1. The van der Waals surface area contributed by atoms with Gasteiger partial charge in [-0.3, -0.25) is 4.57 Å². The molecule has 1 aliphatic rings. The van der Waals surface area contributed by atoms with Gasteiger partial charge in [-0.05, 0) is 24.1 Å². The zero-order valence-electron chi connectivity index (χ0n) is 17.4. The number of rotatable bonds is 7. The highest BCUT2D eigenvalue weighted by atomic mass is 28.3. The third kappa shape index (κ3) is 3.51. The van der Waals surface area contributed by atoms with Crippen molar-refractivity contribution in [3.05, 3.63) is 34.9 Å². The van der Waals surface area contributed by atoms with Crippen molar-refractivity contribution in [3.63, 3.8) is 0 Å². The Labute approximate surface area is 163 Å². The van der Waals surface area contributed by atoms with Crippen molar-refractivity contribution in [2.45, 2.75) is 62.8 Å². The molecule has 0 unspecified atom stereocenters. The molecule has 2 rings (SSSR count). The van der Waals surface area contributed by atoms with Gasteiger partial charge in [0, 0.05) is 25.9 Å². The number of hydrogen-bond acceptors (Lipinski definition) is 6. The van der Waals surface area contributed by atoms with Gasteiger partial charge in [-0.15, -0.1) is 0 Å². The summed E-state index contributed by atoms with van der Waals surface area (Å²) >= 11 is 0. The van der Waals surface area contributed by atoms with E-state index >= 15 is 0 Å². The molecule has 2 heterocycles.